The van der Waals surface area contributed by atoms with E-state index in [1.165, 1.54) is 0 Å². The van der Waals surface area contributed by atoms with Gasteiger partial charge < -0.3 is 15.3 Å². The Balaban J connectivity index is 2.72. The van der Waals surface area contributed by atoms with Gasteiger partial charge >= 0.3 is 0 Å². The van der Waals surface area contributed by atoms with E-state index in [4.69, 9.17) is 0 Å². The lowest BCUT2D eigenvalue weighted by Gasteiger charge is -2.18. The third kappa shape index (κ3) is 4.23. The molecule has 18 heavy (non-hydrogen) atoms. The van der Waals surface area contributed by atoms with E-state index in [0.717, 1.165) is 29.3 Å². The zero-order chi connectivity index (χ0) is 13.7. The van der Waals surface area contributed by atoms with Crippen molar-refractivity contribution in [1.82, 2.24) is 14.9 Å². The maximum absolute atomic E-state index is 9.84. The molecule has 0 aliphatic rings. The SMILES string of the molecule is CCc1c(C)nc(C)nc1NC[C@@H](O)CN(C)C. The van der Waals surface area contributed by atoms with Crippen molar-refractivity contribution in [2.75, 3.05) is 32.5 Å². The van der Waals surface area contributed by atoms with E-state index in [1.54, 1.807) is 0 Å². The average Bonchev–Trinajstić information content (AvgIpc) is 2.24. The number of aliphatic hydroxyl groups excluding tert-OH is 1. The van der Waals surface area contributed by atoms with Gasteiger partial charge in [0.1, 0.15) is 11.6 Å². The summed E-state index contributed by atoms with van der Waals surface area (Å²) < 4.78 is 0. The molecule has 0 aliphatic heterocycles. The van der Waals surface area contributed by atoms with Gasteiger partial charge in [0.15, 0.2) is 0 Å². The van der Waals surface area contributed by atoms with E-state index >= 15 is 0 Å². The highest BCUT2D eigenvalue weighted by Crippen LogP contribution is 2.16. The third-order valence-corrected chi connectivity index (χ3v) is 2.76. The lowest BCUT2D eigenvalue weighted by atomic mass is 10.1. The first-order valence-electron chi connectivity index (χ1n) is 6.34. The Kier molecular flexibility index (Phi) is 5.50. The molecule has 1 aromatic rings. The van der Waals surface area contributed by atoms with Crippen LogP contribution in [0, 0.1) is 13.8 Å². The van der Waals surface area contributed by atoms with Crippen molar-refractivity contribution in [1.29, 1.82) is 0 Å². The molecule has 0 aliphatic carbocycles. The van der Waals surface area contributed by atoms with Gasteiger partial charge in [-0.2, -0.15) is 0 Å². The standard InChI is InChI=1S/C13H24N4O/c1-6-12-9(2)15-10(3)16-13(12)14-7-11(18)8-17(4)5/h11,18H,6-8H2,1-5H3,(H,14,15,16)/t11-/m1/s1. The molecule has 1 atom stereocenters. The van der Waals surface area contributed by atoms with Crippen LogP contribution in [-0.2, 0) is 6.42 Å². The first kappa shape index (κ1) is 14.9. The van der Waals surface area contributed by atoms with E-state index < -0.39 is 6.10 Å². The summed E-state index contributed by atoms with van der Waals surface area (Å²) in [6.45, 7) is 7.10. The van der Waals surface area contributed by atoms with Crippen LogP contribution < -0.4 is 5.32 Å². The number of aliphatic hydroxyl groups is 1. The van der Waals surface area contributed by atoms with Crippen LogP contribution in [0.15, 0.2) is 0 Å². The largest absolute Gasteiger partial charge is 0.390 e. The van der Waals surface area contributed by atoms with Gasteiger partial charge in [0.05, 0.1) is 6.10 Å². The highest BCUT2D eigenvalue weighted by Gasteiger charge is 2.10. The minimum Gasteiger partial charge on any atom is -0.390 e. The lowest BCUT2D eigenvalue weighted by molar-refractivity contribution is 0.148. The molecule has 0 radical (unpaired) electrons. The fourth-order valence-corrected chi connectivity index (χ4v) is 2.01. The first-order valence-corrected chi connectivity index (χ1v) is 6.34. The Morgan fingerprint density at radius 2 is 1.94 bits per heavy atom. The second-order valence-electron chi connectivity index (χ2n) is 4.83. The Labute approximate surface area is 109 Å². The summed E-state index contributed by atoms with van der Waals surface area (Å²) >= 11 is 0. The van der Waals surface area contributed by atoms with Crippen molar-refractivity contribution in [3.8, 4) is 0 Å². The van der Waals surface area contributed by atoms with Crippen molar-refractivity contribution in [2.24, 2.45) is 0 Å². The maximum Gasteiger partial charge on any atom is 0.133 e. The first-order chi connectivity index (χ1) is 8.43. The van der Waals surface area contributed by atoms with E-state index in [9.17, 15) is 5.11 Å². The van der Waals surface area contributed by atoms with Gasteiger partial charge in [0.25, 0.3) is 0 Å². The molecule has 0 saturated heterocycles. The van der Waals surface area contributed by atoms with Gasteiger partial charge in [-0.05, 0) is 34.4 Å². The van der Waals surface area contributed by atoms with Crippen LogP contribution in [0.1, 0.15) is 24.0 Å². The van der Waals surface area contributed by atoms with Crippen molar-refractivity contribution in [3.05, 3.63) is 17.1 Å². The third-order valence-electron chi connectivity index (χ3n) is 2.76. The average molecular weight is 252 g/mol. The van der Waals surface area contributed by atoms with Crippen LogP contribution in [0.5, 0.6) is 0 Å². The fraction of sp³-hybridized carbons (Fsp3) is 0.692. The molecule has 0 amide bonds. The molecule has 0 spiro atoms. The highest BCUT2D eigenvalue weighted by molar-refractivity contribution is 5.46. The molecule has 102 valence electrons. The smallest absolute Gasteiger partial charge is 0.133 e. The number of aromatic nitrogens is 2. The molecular formula is C13H24N4O. The zero-order valence-electron chi connectivity index (χ0n) is 12.0. The van der Waals surface area contributed by atoms with E-state index in [-0.39, 0.29) is 0 Å². The summed E-state index contributed by atoms with van der Waals surface area (Å²) in [5, 5.41) is 13.1. The molecule has 0 aromatic carbocycles. The van der Waals surface area contributed by atoms with Gasteiger partial charge in [-0.25, -0.2) is 9.97 Å². The summed E-state index contributed by atoms with van der Waals surface area (Å²) in [6.07, 6.45) is 0.485. The Bertz CT molecular complexity index is 393. The van der Waals surface area contributed by atoms with Crippen molar-refractivity contribution >= 4 is 5.82 Å². The summed E-state index contributed by atoms with van der Waals surface area (Å²) in [7, 11) is 3.89. The predicted octanol–water partition coefficient (Wildman–Crippen LogP) is 0.990. The number of hydrogen-bond donors (Lipinski definition) is 2. The molecule has 5 nitrogen and oxygen atoms in total. The summed E-state index contributed by atoms with van der Waals surface area (Å²) in [5.74, 6) is 1.61. The Hall–Kier alpha value is -1.20. The second kappa shape index (κ2) is 6.66. The molecule has 1 heterocycles. The molecule has 2 N–H and O–H groups in total. The summed E-state index contributed by atoms with van der Waals surface area (Å²) in [5.41, 5.74) is 2.13. The number of nitrogens with zero attached hydrogens (tertiary/aromatic N) is 3. The van der Waals surface area contributed by atoms with Crippen LogP contribution in [0.25, 0.3) is 0 Å². The monoisotopic (exact) mass is 252 g/mol. The number of hydrogen-bond acceptors (Lipinski definition) is 5. The van der Waals surface area contributed by atoms with E-state index in [1.807, 2.05) is 32.8 Å². The van der Waals surface area contributed by atoms with Crippen LogP contribution in [0.4, 0.5) is 5.82 Å². The van der Waals surface area contributed by atoms with Crippen LogP contribution in [-0.4, -0.2) is 53.3 Å². The minimum absolute atomic E-state index is 0.403. The number of anilines is 1. The molecule has 0 fully saturated rings. The van der Waals surface area contributed by atoms with Gasteiger partial charge in [0.2, 0.25) is 0 Å². The zero-order valence-corrected chi connectivity index (χ0v) is 12.0. The quantitative estimate of drug-likeness (QED) is 0.790. The lowest BCUT2D eigenvalue weighted by Crippen LogP contribution is -2.32. The van der Waals surface area contributed by atoms with Gasteiger partial charge in [-0.3, -0.25) is 0 Å². The molecule has 0 saturated carbocycles. The molecule has 0 bridgehead atoms. The minimum atomic E-state index is -0.403. The van der Waals surface area contributed by atoms with Crippen molar-refractivity contribution in [2.45, 2.75) is 33.3 Å². The molecule has 0 unspecified atom stereocenters. The summed E-state index contributed by atoms with van der Waals surface area (Å²) in [4.78, 5) is 10.7. The number of nitrogens with one attached hydrogen (secondary N) is 1. The van der Waals surface area contributed by atoms with Crippen LogP contribution in [0.3, 0.4) is 0 Å². The van der Waals surface area contributed by atoms with Crippen molar-refractivity contribution in [3.63, 3.8) is 0 Å². The molecular weight excluding hydrogens is 228 g/mol. The maximum atomic E-state index is 9.84. The number of aryl methyl sites for hydroxylation is 2. The topological polar surface area (TPSA) is 61.3 Å². The number of rotatable bonds is 6. The molecule has 5 heteroatoms. The van der Waals surface area contributed by atoms with Crippen LogP contribution in [0.2, 0.25) is 0 Å². The Morgan fingerprint density at radius 3 is 2.50 bits per heavy atom. The predicted molar refractivity (Wildman–Crippen MR) is 73.9 cm³/mol. The number of likely N-dealkylation sites (N-methyl/N-ethyl adjacent to an activating group) is 1. The van der Waals surface area contributed by atoms with E-state index in [0.29, 0.717) is 13.1 Å². The molecule has 1 rings (SSSR count). The van der Waals surface area contributed by atoms with Crippen molar-refractivity contribution < 1.29 is 5.11 Å². The summed E-state index contributed by atoms with van der Waals surface area (Å²) in [6, 6.07) is 0. The highest BCUT2D eigenvalue weighted by atomic mass is 16.3. The second-order valence-corrected chi connectivity index (χ2v) is 4.83. The van der Waals surface area contributed by atoms with Gasteiger partial charge in [0, 0.05) is 24.3 Å². The van der Waals surface area contributed by atoms with Crippen LogP contribution >= 0.6 is 0 Å². The van der Waals surface area contributed by atoms with E-state index in [2.05, 4.69) is 22.2 Å². The van der Waals surface area contributed by atoms with Gasteiger partial charge in [-0.15, -0.1) is 0 Å². The molecule has 1 aromatic heterocycles. The van der Waals surface area contributed by atoms with Gasteiger partial charge in [-0.1, -0.05) is 6.92 Å². The Morgan fingerprint density at radius 1 is 1.28 bits per heavy atom. The fourth-order valence-electron chi connectivity index (χ4n) is 2.01. The normalized spacial score (nSPS) is 12.8.